The summed E-state index contributed by atoms with van der Waals surface area (Å²) in [4.78, 5) is 20.4. The van der Waals surface area contributed by atoms with Crippen molar-refractivity contribution in [2.24, 2.45) is 0 Å². The Morgan fingerprint density at radius 2 is 1.57 bits per heavy atom. The van der Waals surface area contributed by atoms with E-state index in [4.69, 9.17) is 18.6 Å². The normalized spacial score (nSPS) is 23.6. The molecular weight excluding hydrogens is 595 g/mol. The van der Waals surface area contributed by atoms with Gasteiger partial charge in [0.2, 0.25) is 0 Å². The fourth-order valence-corrected chi connectivity index (χ4v) is 10.7. The number of rotatable bonds is 7. The van der Waals surface area contributed by atoms with Crippen molar-refractivity contribution in [2.75, 3.05) is 18.1 Å². The second-order valence-corrected chi connectivity index (χ2v) is 16.7. The largest absolute Gasteiger partial charge is 0.465 e. The van der Waals surface area contributed by atoms with E-state index in [1.807, 2.05) is 36.4 Å². The van der Waals surface area contributed by atoms with Crippen LogP contribution < -0.4 is 15.3 Å². The number of hydrogen-bond acceptors (Lipinski definition) is 7. The van der Waals surface area contributed by atoms with Gasteiger partial charge in [0.05, 0.1) is 31.6 Å². The van der Waals surface area contributed by atoms with Crippen molar-refractivity contribution in [3.8, 4) is 0 Å². The summed E-state index contributed by atoms with van der Waals surface area (Å²) in [6.45, 7) is 9.75. The van der Waals surface area contributed by atoms with E-state index in [0.29, 0.717) is 11.1 Å². The number of halogens is 3. The number of amides is 1. The maximum atomic E-state index is 13.4. The number of benzene rings is 2. The molecule has 0 saturated carbocycles. The van der Waals surface area contributed by atoms with Crippen LogP contribution in [0.25, 0.3) is 0 Å². The monoisotopic (exact) mass is 631 g/mol. The minimum atomic E-state index is -4.81. The molecule has 1 N–H and O–H groups in total. The van der Waals surface area contributed by atoms with Crippen molar-refractivity contribution in [1.82, 2.24) is 9.97 Å². The number of anilines is 1. The van der Waals surface area contributed by atoms with Crippen LogP contribution in [0.1, 0.15) is 40.3 Å². The molecule has 0 spiro atoms. The molecule has 0 bridgehead atoms. The molecule has 2 fully saturated rings. The van der Waals surface area contributed by atoms with Crippen molar-refractivity contribution >= 4 is 30.6 Å². The second-order valence-electron chi connectivity index (χ2n) is 12.4. The zero-order chi connectivity index (χ0) is 31.9. The van der Waals surface area contributed by atoms with E-state index in [1.54, 1.807) is 13.8 Å². The molecule has 1 amide bonds. The average molecular weight is 632 g/mol. The third-order valence-corrected chi connectivity index (χ3v) is 13.0. The molecule has 3 aromatic rings. The van der Waals surface area contributed by atoms with Crippen LogP contribution in [0, 0.1) is 0 Å². The lowest BCUT2D eigenvalue weighted by atomic mass is 9.97. The number of nitrogens with zero attached hydrogens (tertiary/aromatic N) is 3. The zero-order valence-electron chi connectivity index (χ0n) is 25.1. The molecule has 0 aliphatic carbocycles. The topological polar surface area (TPSA) is 103 Å². The summed E-state index contributed by atoms with van der Waals surface area (Å²) in [7, 11) is -2.95. The van der Waals surface area contributed by atoms with Crippen LogP contribution in [0.5, 0.6) is 0 Å². The van der Waals surface area contributed by atoms with Crippen molar-refractivity contribution in [3.05, 3.63) is 78.8 Å². The number of carboxylic acid groups (broad SMARTS) is 1. The quantitative estimate of drug-likeness (QED) is 0.370. The first-order valence-electron chi connectivity index (χ1n) is 14.3. The first-order valence-corrected chi connectivity index (χ1v) is 16.2. The van der Waals surface area contributed by atoms with Crippen LogP contribution in [0.15, 0.2) is 73.1 Å². The molecule has 2 saturated heterocycles. The predicted octanol–water partition coefficient (Wildman–Crippen LogP) is 4.84. The number of aromatic nitrogens is 2. The molecule has 4 atom stereocenters. The fraction of sp³-hybridized carbons (Fsp3) is 0.452. The molecule has 2 aromatic carbocycles. The van der Waals surface area contributed by atoms with Crippen LogP contribution in [-0.2, 0) is 24.8 Å². The Labute approximate surface area is 255 Å². The van der Waals surface area contributed by atoms with Gasteiger partial charge in [0.25, 0.3) is 8.32 Å². The van der Waals surface area contributed by atoms with Gasteiger partial charge in [-0.1, -0.05) is 81.4 Å². The van der Waals surface area contributed by atoms with Crippen LogP contribution in [-0.4, -0.2) is 72.8 Å². The molecule has 0 unspecified atom stereocenters. The van der Waals surface area contributed by atoms with Gasteiger partial charge < -0.3 is 23.7 Å². The highest BCUT2D eigenvalue weighted by Gasteiger charge is 2.56. The number of carbonyl (C=O) groups is 1. The molecule has 0 radical (unpaired) electrons. The van der Waals surface area contributed by atoms with Gasteiger partial charge in [-0.15, -0.1) is 0 Å². The minimum Gasteiger partial charge on any atom is -0.465 e. The Kier molecular flexibility index (Phi) is 8.64. The summed E-state index contributed by atoms with van der Waals surface area (Å²) in [6.07, 6.45) is -7.17. The Balaban J connectivity index is 1.48. The maximum Gasteiger partial charge on any atom is 0.434 e. The van der Waals surface area contributed by atoms with E-state index in [0.717, 1.165) is 16.6 Å². The van der Waals surface area contributed by atoms with Gasteiger partial charge in [-0.25, -0.2) is 9.78 Å². The van der Waals surface area contributed by atoms with Gasteiger partial charge >= 0.3 is 12.3 Å². The van der Waals surface area contributed by atoms with Gasteiger partial charge in [0.1, 0.15) is 18.3 Å². The smallest absolute Gasteiger partial charge is 0.434 e. The highest BCUT2D eigenvalue weighted by molar-refractivity contribution is 6.99. The molecule has 9 nitrogen and oxygen atoms in total. The van der Waals surface area contributed by atoms with Gasteiger partial charge in [-0.05, 0) is 29.3 Å². The minimum absolute atomic E-state index is 0.108. The summed E-state index contributed by atoms with van der Waals surface area (Å²) in [5, 5.41) is 12.0. The van der Waals surface area contributed by atoms with E-state index < -0.39 is 62.2 Å². The average Bonchev–Trinajstić information content (AvgIpc) is 3.29. The lowest BCUT2D eigenvalue weighted by molar-refractivity contribution is -0.156. The molecule has 236 valence electrons. The Morgan fingerprint density at radius 3 is 2.09 bits per heavy atom. The zero-order valence-corrected chi connectivity index (χ0v) is 26.1. The van der Waals surface area contributed by atoms with Gasteiger partial charge in [-0.2, -0.15) is 13.2 Å². The molecule has 3 heterocycles. The van der Waals surface area contributed by atoms with Gasteiger partial charge in [-0.3, -0.25) is 9.88 Å². The molecular formula is C31H36F3N3O6Si. The van der Waals surface area contributed by atoms with Gasteiger partial charge in [0.15, 0.2) is 17.3 Å². The van der Waals surface area contributed by atoms with E-state index in [1.165, 1.54) is 0 Å². The summed E-state index contributed by atoms with van der Waals surface area (Å²) in [5.74, 6) is -1.62. The molecule has 2 aliphatic rings. The Hall–Kier alpha value is -3.36. The SMILES string of the molecule is CC1(C)O[C@@H]2[C@H](O1)[C@@H](N(C(=O)O)c1cncc(C(F)(F)F)n1)CO[C@@H]2CO[Si](c1ccccc1)(c1ccccc1)C(C)(C)C. The van der Waals surface area contributed by atoms with Crippen LogP contribution in [0.2, 0.25) is 5.04 Å². The predicted molar refractivity (Wildman–Crippen MR) is 158 cm³/mol. The van der Waals surface area contributed by atoms with Crippen molar-refractivity contribution in [1.29, 1.82) is 0 Å². The first-order chi connectivity index (χ1) is 20.6. The summed E-state index contributed by atoms with van der Waals surface area (Å²) in [6, 6.07) is 19.1. The molecule has 2 aliphatic heterocycles. The van der Waals surface area contributed by atoms with Gasteiger partial charge in [0, 0.05) is 0 Å². The van der Waals surface area contributed by atoms with E-state index in [2.05, 4.69) is 55.0 Å². The van der Waals surface area contributed by atoms with Crippen molar-refractivity contribution < 1.29 is 41.7 Å². The summed E-state index contributed by atoms with van der Waals surface area (Å²) in [5.41, 5.74) is -1.31. The van der Waals surface area contributed by atoms with Crippen LogP contribution in [0.4, 0.5) is 23.8 Å². The number of ether oxygens (including phenoxy) is 3. The number of fused-ring (bicyclic) bond motifs is 1. The fourth-order valence-electron chi connectivity index (χ4n) is 6.17. The number of hydrogen-bond donors (Lipinski definition) is 1. The van der Waals surface area contributed by atoms with Crippen molar-refractivity contribution in [2.45, 2.75) is 76.0 Å². The standard InChI is InChI=1S/C31H36F3N3O6Si/c1-29(2,3)44(20-12-8-6-9-13-20,21-14-10-7-11-15-21)41-19-23-27-26(42-30(4,5)43-27)22(18-40-23)37(28(38)39)25-17-35-16-24(36-25)31(32,33)34/h6-17,22-23,26-27H,18-19H2,1-5H3,(H,38,39)/t22-,23+,26+,27-/m0/s1. The number of alkyl halides is 3. The lowest BCUT2D eigenvalue weighted by Crippen LogP contribution is -2.68. The Morgan fingerprint density at radius 1 is 1.00 bits per heavy atom. The summed E-state index contributed by atoms with van der Waals surface area (Å²) < 4.78 is 66.0. The van der Waals surface area contributed by atoms with E-state index >= 15 is 0 Å². The first kappa shape index (κ1) is 32.0. The maximum absolute atomic E-state index is 13.4. The third-order valence-electron chi connectivity index (χ3n) is 7.97. The highest BCUT2D eigenvalue weighted by Crippen LogP contribution is 2.41. The van der Waals surface area contributed by atoms with E-state index in [9.17, 15) is 23.1 Å². The van der Waals surface area contributed by atoms with Crippen LogP contribution >= 0.6 is 0 Å². The molecule has 13 heteroatoms. The van der Waals surface area contributed by atoms with E-state index in [-0.39, 0.29) is 18.3 Å². The third kappa shape index (κ3) is 6.11. The molecule has 44 heavy (non-hydrogen) atoms. The second kappa shape index (κ2) is 11.9. The summed E-state index contributed by atoms with van der Waals surface area (Å²) >= 11 is 0. The molecule has 1 aromatic heterocycles. The highest BCUT2D eigenvalue weighted by atomic mass is 28.4. The van der Waals surface area contributed by atoms with Crippen molar-refractivity contribution in [3.63, 3.8) is 0 Å². The molecule has 5 rings (SSSR count). The Bertz CT molecular complexity index is 1420. The lowest BCUT2D eigenvalue weighted by Gasteiger charge is -2.45. The van der Waals surface area contributed by atoms with Crippen LogP contribution in [0.3, 0.4) is 0 Å².